The van der Waals surface area contributed by atoms with Gasteiger partial charge in [0, 0.05) is 24.3 Å². The quantitative estimate of drug-likeness (QED) is 0.832. The summed E-state index contributed by atoms with van der Waals surface area (Å²) in [7, 11) is 0. The van der Waals surface area contributed by atoms with E-state index in [0.29, 0.717) is 24.3 Å². The molecular weight excluding hydrogens is 228 g/mol. The summed E-state index contributed by atoms with van der Waals surface area (Å²) in [6, 6.07) is 5.20. The fourth-order valence-electron chi connectivity index (χ4n) is 1.68. The lowest BCUT2D eigenvalue weighted by molar-refractivity contribution is 0.101. The number of urea groups is 1. The van der Waals surface area contributed by atoms with Crippen molar-refractivity contribution in [2.24, 2.45) is 0 Å². The van der Waals surface area contributed by atoms with Crippen molar-refractivity contribution in [2.45, 2.75) is 27.7 Å². The molecule has 0 aliphatic rings. The van der Waals surface area contributed by atoms with Crippen molar-refractivity contribution in [3.63, 3.8) is 0 Å². The van der Waals surface area contributed by atoms with Crippen molar-refractivity contribution in [1.82, 2.24) is 4.90 Å². The first kappa shape index (κ1) is 14.2. The average Bonchev–Trinajstić information content (AvgIpc) is 2.33. The zero-order valence-corrected chi connectivity index (χ0v) is 11.4. The molecule has 0 heterocycles. The van der Waals surface area contributed by atoms with Gasteiger partial charge in [0.25, 0.3) is 0 Å². The van der Waals surface area contributed by atoms with E-state index in [1.165, 1.54) is 6.92 Å². The highest BCUT2D eigenvalue weighted by Gasteiger charge is 2.11. The molecular formula is C14H20N2O2. The van der Waals surface area contributed by atoms with Crippen LogP contribution in [0, 0.1) is 6.92 Å². The first-order chi connectivity index (χ1) is 8.49. The van der Waals surface area contributed by atoms with Crippen LogP contribution in [0.4, 0.5) is 10.5 Å². The molecule has 0 aliphatic carbocycles. The van der Waals surface area contributed by atoms with Gasteiger partial charge >= 0.3 is 6.03 Å². The first-order valence-electron chi connectivity index (χ1n) is 6.17. The maximum absolute atomic E-state index is 11.9. The Hall–Kier alpha value is -1.84. The van der Waals surface area contributed by atoms with Crippen molar-refractivity contribution in [2.75, 3.05) is 18.4 Å². The zero-order chi connectivity index (χ0) is 13.7. The maximum Gasteiger partial charge on any atom is 0.321 e. The van der Waals surface area contributed by atoms with E-state index in [0.717, 1.165) is 5.56 Å². The van der Waals surface area contributed by atoms with Crippen LogP contribution in [-0.2, 0) is 0 Å². The fraction of sp³-hybridized carbons (Fsp3) is 0.429. The molecule has 98 valence electrons. The summed E-state index contributed by atoms with van der Waals surface area (Å²) in [6.45, 7) is 8.60. The summed E-state index contributed by atoms with van der Waals surface area (Å²) < 4.78 is 0. The lowest BCUT2D eigenvalue weighted by atomic mass is 10.1. The zero-order valence-electron chi connectivity index (χ0n) is 11.4. The SMILES string of the molecule is CCN(CC)C(=O)Nc1cc(C(C)=O)ccc1C. The van der Waals surface area contributed by atoms with Gasteiger partial charge in [-0.05, 0) is 39.3 Å². The van der Waals surface area contributed by atoms with Gasteiger partial charge in [0.2, 0.25) is 0 Å². The van der Waals surface area contributed by atoms with E-state index in [2.05, 4.69) is 5.32 Å². The number of hydrogen-bond acceptors (Lipinski definition) is 2. The van der Waals surface area contributed by atoms with Crippen LogP contribution in [0.2, 0.25) is 0 Å². The predicted octanol–water partition coefficient (Wildman–Crippen LogP) is 3.07. The largest absolute Gasteiger partial charge is 0.325 e. The van der Waals surface area contributed by atoms with Gasteiger partial charge in [0.05, 0.1) is 0 Å². The van der Waals surface area contributed by atoms with Gasteiger partial charge in [-0.2, -0.15) is 0 Å². The van der Waals surface area contributed by atoms with Crippen LogP contribution in [-0.4, -0.2) is 29.8 Å². The van der Waals surface area contributed by atoms with Crippen LogP contribution >= 0.6 is 0 Å². The van der Waals surface area contributed by atoms with Gasteiger partial charge in [0.15, 0.2) is 5.78 Å². The van der Waals surface area contributed by atoms with Crippen LogP contribution in [0.25, 0.3) is 0 Å². The molecule has 4 nitrogen and oxygen atoms in total. The standard InChI is InChI=1S/C14H20N2O2/c1-5-16(6-2)14(18)15-13-9-12(11(4)17)8-7-10(13)3/h7-9H,5-6H2,1-4H3,(H,15,18). The van der Waals surface area contributed by atoms with Crippen molar-refractivity contribution >= 4 is 17.5 Å². The lowest BCUT2D eigenvalue weighted by Gasteiger charge is -2.20. The van der Waals surface area contributed by atoms with Crippen molar-refractivity contribution in [3.8, 4) is 0 Å². The van der Waals surface area contributed by atoms with E-state index >= 15 is 0 Å². The Balaban J connectivity index is 2.93. The van der Waals surface area contributed by atoms with Crippen LogP contribution in [0.15, 0.2) is 18.2 Å². The highest BCUT2D eigenvalue weighted by atomic mass is 16.2. The minimum Gasteiger partial charge on any atom is -0.325 e. The highest BCUT2D eigenvalue weighted by molar-refractivity contribution is 5.97. The third kappa shape index (κ3) is 3.32. The molecule has 0 aromatic heterocycles. The predicted molar refractivity (Wildman–Crippen MR) is 73.1 cm³/mol. The number of ketones is 1. The number of Topliss-reactive ketones (excluding diaryl/α,β-unsaturated/α-hetero) is 1. The number of amides is 2. The molecule has 4 heteroatoms. The number of carbonyl (C=O) groups is 2. The second-order valence-electron chi connectivity index (χ2n) is 4.19. The van der Waals surface area contributed by atoms with Crippen LogP contribution in [0.1, 0.15) is 36.7 Å². The summed E-state index contributed by atoms with van der Waals surface area (Å²) in [5, 5.41) is 2.84. The summed E-state index contributed by atoms with van der Waals surface area (Å²) in [5.74, 6) is -0.00617. The molecule has 18 heavy (non-hydrogen) atoms. The Kier molecular flexibility index (Phi) is 4.89. The molecule has 0 fully saturated rings. The maximum atomic E-state index is 11.9. The van der Waals surface area contributed by atoms with E-state index in [4.69, 9.17) is 0 Å². The van der Waals surface area contributed by atoms with Crippen LogP contribution < -0.4 is 5.32 Å². The third-order valence-corrected chi connectivity index (χ3v) is 2.94. The lowest BCUT2D eigenvalue weighted by Crippen LogP contribution is -2.34. The van der Waals surface area contributed by atoms with Crippen molar-refractivity contribution in [1.29, 1.82) is 0 Å². The molecule has 0 saturated heterocycles. The third-order valence-electron chi connectivity index (χ3n) is 2.94. The average molecular weight is 248 g/mol. The van der Waals surface area contributed by atoms with E-state index in [1.807, 2.05) is 26.8 Å². The number of benzene rings is 1. The summed E-state index contributed by atoms with van der Waals surface area (Å²) in [4.78, 5) is 25.0. The second kappa shape index (κ2) is 6.19. The fourth-order valence-corrected chi connectivity index (χ4v) is 1.68. The Labute approximate surface area is 108 Å². The number of anilines is 1. The van der Waals surface area contributed by atoms with Gasteiger partial charge in [-0.15, -0.1) is 0 Å². The molecule has 0 spiro atoms. The van der Waals surface area contributed by atoms with Crippen molar-refractivity contribution in [3.05, 3.63) is 29.3 Å². The molecule has 1 aromatic rings. The van der Waals surface area contributed by atoms with E-state index < -0.39 is 0 Å². The highest BCUT2D eigenvalue weighted by Crippen LogP contribution is 2.17. The number of nitrogens with zero attached hydrogens (tertiary/aromatic N) is 1. The minimum atomic E-state index is -0.135. The van der Waals surface area contributed by atoms with Gasteiger partial charge < -0.3 is 10.2 Å². The number of aryl methyl sites for hydroxylation is 1. The summed E-state index contributed by atoms with van der Waals surface area (Å²) >= 11 is 0. The van der Waals surface area contributed by atoms with Crippen LogP contribution in [0.5, 0.6) is 0 Å². The molecule has 1 rings (SSSR count). The monoisotopic (exact) mass is 248 g/mol. The number of carbonyl (C=O) groups excluding carboxylic acids is 2. The van der Waals surface area contributed by atoms with Crippen molar-refractivity contribution < 1.29 is 9.59 Å². The number of nitrogens with one attached hydrogen (secondary N) is 1. The van der Waals surface area contributed by atoms with Gasteiger partial charge in [-0.3, -0.25) is 4.79 Å². The normalized spacial score (nSPS) is 10.0. The Morgan fingerprint density at radius 1 is 1.22 bits per heavy atom. The van der Waals surface area contributed by atoms with Gasteiger partial charge in [-0.1, -0.05) is 12.1 Å². The molecule has 0 unspecified atom stereocenters. The summed E-state index contributed by atoms with van der Waals surface area (Å²) in [5.41, 5.74) is 2.25. The molecule has 1 aromatic carbocycles. The Bertz CT molecular complexity index is 451. The molecule has 0 bridgehead atoms. The minimum absolute atomic E-state index is 0.00617. The topological polar surface area (TPSA) is 49.4 Å². The first-order valence-corrected chi connectivity index (χ1v) is 6.17. The second-order valence-corrected chi connectivity index (χ2v) is 4.19. The number of hydrogen-bond donors (Lipinski definition) is 1. The smallest absolute Gasteiger partial charge is 0.321 e. The Morgan fingerprint density at radius 3 is 2.33 bits per heavy atom. The molecule has 2 amide bonds. The van der Waals surface area contributed by atoms with E-state index in [-0.39, 0.29) is 11.8 Å². The van der Waals surface area contributed by atoms with E-state index in [9.17, 15) is 9.59 Å². The summed E-state index contributed by atoms with van der Waals surface area (Å²) in [6.07, 6.45) is 0. The van der Waals surface area contributed by atoms with E-state index in [1.54, 1.807) is 17.0 Å². The molecule has 0 atom stereocenters. The molecule has 0 saturated carbocycles. The molecule has 0 radical (unpaired) electrons. The Morgan fingerprint density at radius 2 is 1.83 bits per heavy atom. The molecule has 1 N–H and O–H groups in total. The molecule has 0 aliphatic heterocycles. The van der Waals surface area contributed by atoms with Gasteiger partial charge in [0.1, 0.15) is 0 Å². The van der Waals surface area contributed by atoms with Crippen LogP contribution in [0.3, 0.4) is 0 Å². The number of rotatable bonds is 4. The van der Waals surface area contributed by atoms with Gasteiger partial charge in [-0.25, -0.2) is 4.79 Å².